The number of rotatable bonds is 5. The largest absolute Gasteiger partial charge is 0.481 e. The smallest absolute Gasteiger partial charge is 0.324 e. The molecule has 0 saturated carbocycles. The number of carboxylic acids is 1. The first kappa shape index (κ1) is 17.4. The van der Waals surface area contributed by atoms with Crippen molar-refractivity contribution in [1.29, 1.82) is 0 Å². The van der Waals surface area contributed by atoms with E-state index in [1.54, 1.807) is 4.90 Å². The normalized spacial score (nSPS) is 19.9. The zero-order valence-corrected chi connectivity index (χ0v) is 12.8. The van der Waals surface area contributed by atoms with Crippen LogP contribution in [0, 0.1) is 0 Å². The summed E-state index contributed by atoms with van der Waals surface area (Å²) < 4.78 is 0. The molecule has 7 nitrogen and oxygen atoms in total. The summed E-state index contributed by atoms with van der Waals surface area (Å²) in [7, 11) is 2.03. The molecule has 1 atom stereocenters. The first-order chi connectivity index (χ1) is 9.93. The third-order valence-corrected chi connectivity index (χ3v) is 3.67. The van der Waals surface area contributed by atoms with Crippen molar-refractivity contribution < 1.29 is 19.5 Å². The van der Waals surface area contributed by atoms with Gasteiger partial charge in [0, 0.05) is 32.0 Å². The van der Waals surface area contributed by atoms with Crippen LogP contribution in [-0.2, 0) is 9.59 Å². The van der Waals surface area contributed by atoms with Gasteiger partial charge in [-0.15, -0.1) is 0 Å². The number of carbonyl (C=O) groups is 3. The lowest BCUT2D eigenvalue weighted by atomic mass is 10.2. The summed E-state index contributed by atoms with van der Waals surface area (Å²) >= 11 is 0. The number of nitrogens with one attached hydrogen (secondary N) is 1. The molecule has 1 fully saturated rings. The van der Waals surface area contributed by atoms with Crippen LogP contribution >= 0.6 is 0 Å². The molecule has 120 valence electrons. The average molecular weight is 299 g/mol. The number of aliphatic carboxylic acids is 1. The summed E-state index contributed by atoms with van der Waals surface area (Å²) in [6, 6.07) is -0.262. The molecule has 0 aromatic carbocycles. The molecule has 0 radical (unpaired) electrons. The number of hydrogen-bond acceptors (Lipinski definition) is 4. The number of likely N-dealkylation sites (N-methyl/N-ethyl adjacent to an activating group) is 1. The van der Waals surface area contributed by atoms with Crippen LogP contribution in [0.2, 0.25) is 0 Å². The van der Waals surface area contributed by atoms with Crippen LogP contribution in [0.15, 0.2) is 0 Å². The molecular weight excluding hydrogens is 274 g/mol. The summed E-state index contributed by atoms with van der Waals surface area (Å²) in [4.78, 5) is 38.2. The maximum absolute atomic E-state index is 12.2. The number of nitrogens with zero attached hydrogens (tertiary/aromatic N) is 2. The lowest BCUT2D eigenvalue weighted by Gasteiger charge is -2.30. The highest BCUT2D eigenvalue weighted by Crippen LogP contribution is 2.12. The summed E-state index contributed by atoms with van der Waals surface area (Å²) in [5, 5.41) is 10.9. The molecule has 7 heteroatoms. The summed E-state index contributed by atoms with van der Waals surface area (Å²) in [5.41, 5.74) is 0. The Kier molecular flexibility index (Phi) is 7.14. The van der Waals surface area contributed by atoms with E-state index >= 15 is 0 Å². The Morgan fingerprint density at radius 3 is 2.57 bits per heavy atom. The summed E-state index contributed by atoms with van der Waals surface area (Å²) in [6.07, 6.45) is 1.96. The van der Waals surface area contributed by atoms with E-state index < -0.39 is 11.9 Å². The van der Waals surface area contributed by atoms with Crippen LogP contribution in [0.1, 0.15) is 39.0 Å². The fraction of sp³-hybridized carbons (Fsp3) is 0.786. The number of hydrogen-bond donors (Lipinski definition) is 2. The van der Waals surface area contributed by atoms with Gasteiger partial charge in [-0.25, -0.2) is 4.79 Å². The fourth-order valence-corrected chi connectivity index (χ4v) is 2.51. The standard InChI is InChI=1S/C14H25N3O4/c1-3-11-10-16(2)8-5-9-17(11)14(21)15-12(18)6-4-7-13(19)20/h11H,3-10H2,1-2H3,(H,19,20)(H,15,18,21). The van der Waals surface area contributed by atoms with Crippen molar-refractivity contribution in [2.45, 2.75) is 45.1 Å². The topological polar surface area (TPSA) is 90.0 Å². The van der Waals surface area contributed by atoms with Crippen molar-refractivity contribution in [3.8, 4) is 0 Å². The molecule has 21 heavy (non-hydrogen) atoms. The van der Waals surface area contributed by atoms with Crippen LogP contribution in [-0.4, -0.2) is 65.5 Å². The lowest BCUT2D eigenvalue weighted by Crippen LogP contribution is -2.49. The quantitative estimate of drug-likeness (QED) is 0.787. The molecular formula is C14H25N3O4. The lowest BCUT2D eigenvalue weighted by molar-refractivity contribution is -0.137. The Labute approximate surface area is 125 Å². The molecule has 1 saturated heterocycles. The molecule has 1 rings (SSSR count). The second-order valence-corrected chi connectivity index (χ2v) is 5.47. The van der Waals surface area contributed by atoms with Gasteiger partial charge in [-0.05, 0) is 32.9 Å². The fourth-order valence-electron chi connectivity index (χ4n) is 2.51. The van der Waals surface area contributed by atoms with Crippen molar-refractivity contribution in [2.75, 3.05) is 26.7 Å². The molecule has 1 aliphatic heterocycles. The van der Waals surface area contributed by atoms with Gasteiger partial charge in [0.15, 0.2) is 0 Å². The van der Waals surface area contributed by atoms with Crippen molar-refractivity contribution in [3.05, 3.63) is 0 Å². The minimum Gasteiger partial charge on any atom is -0.481 e. The van der Waals surface area contributed by atoms with E-state index in [0.717, 1.165) is 25.9 Å². The Morgan fingerprint density at radius 2 is 1.95 bits per heavy atom. The predicted octanol–water partition coefficient (Wildman–Crippen LogP) is 0.894. The first-order valence-electron chi connectivity index (χ1n) is 7.44. The molecule has 0 aliphatic carbocycles. The zero-order valence-electron chi connectivity index (χ0n) is 12.8. The van der Waals surface area contributed by atoms with Crippen LogP contribution < -0.4 is 5.32 Å². The number of carboxylic acid groups (broad SMARTS) is 1. The minimum atomic E-state index is -0.935. The minimum absolute atomic E-state index is 0.0581. The van der Waals surface area contributed by atoms with Gasteiger partial charge in [0.25, 0.3) is 0 Å². The number of carbonyl (C=O) groups excluding carboxylic acids is 2. The van der Waals surface area contributed by atoms with Crippen molar-refractivity contribution in [3.63, 3.8) is 0 Å². The Bertz CT molecular complexity index is 386. The van der Waals surface area contributed by atoms with Gasteiger partial charge in [-0.2, -0.15) is 0 Å². The summed E-state index contributed by atoms with van der Waals surface area (Å²) in [6.45, 7) is 4.40. The molecule has 2 N–H and O–H groups in total. The molecule has 0 bridgehead atoms. The van der Waals surface area contributed by atoms with Gasteiger partial charge >= 0.3 is 12.0 Å². The average Bonchev–Trinajstić information content (AvgIpc) is 2.59. The third kappa shape index (κ3) is 6.12. The molecule has 1 aliphatic rings. The van der Waals surface area contributed by atoms with Crippen LogP contribution in [0.5, 0.6) is 0 Å². The van der Waals surface area contributed by atoms with Gasteiger partial charge in [0.1, 0.15) is 0 Å². The monoisotopic (exact) mass is 299 g/mol. The van der Waals surface area contributed by atoms with Gasteiger partial charge in [-0.3, -0.25) is 14.9 Å². The van der Waals surface area contributed by atoms with Crippen LogP contribution in [0.3, 0.4) is 0 Å². The zero-order chi connectivity index (χ0) is 15.8. The van der Waals surface area contributed by atoms with Gasteiger partial charge in [0.2, 0.25) is 5.91 Å². The van der Waals surface area contributed by atoms with Crippen molar-refractivity contribution in [1.82, 2.24) is 15.1 Å². The molecule has 3 amide bonds. The molecule has 1 heterocycles. The van der Waals surface area contributed by atoms with E-state index in [2.05, 4.69) is 10.2 Å². The molecule has 1 unspecified atom stereocenters. The highest BCUT2D eigenvalue weighted by Gasteiger charge is 2.26. The summed E-state index contributed by atoms with van der Waals surface area (Å²) in [5.74, 6) is -1.34. The predicted molar refractivity (Wildman–Crippen MR) is 77.9 cm³/mol. The first-order valence-corrected chi connectivity index (χ1v) is 7.44. The number of imide groups is 1. The van der Waals surface area contributed by atoms with Crippen LogP contribution in [0.25, 0.3) is 0 Å². The SMILES string of the molecule is CCC1CN(C)CCCN1C(=O)NC(=O)CCCC(=O)O. The van der Waals surface area contributed by atoms with Gasteiger partial charge < -0.3 is 14.9 Å². The van der Waals surface area contributed by atoms with Crippen LogP contribution in [0.4, 0.5) is 4.79 Å². The van der Waals surface area contributed by atoms with Crippen molar-refractivity contribution >= 4 is 17.9 Å². The maximum Gasteiger partial charge on any atom is 0.324 e. The van der Waals surface area contributed by atoms with E-state index in [9.17, 15) is 14.4 Å². The molecule has 0 aromatic heterocycles. The van der Waals surface area contributed by atoms with E-state index in [4.69, 9.17) is 5.11 Å². The number of urea groups is 1. The molecule has 0 aromatic rings. The third-order valence-electron chi connectivity index (χ3n) is 3.67. The Morgan fingerprint density at radius 1 is 1.24 bits per heavy atom. The highest BCUT2D eigenvalue weighted by atomic mass is 16.4. The number of amides is 3. The highest BCUT2D eigenvalue weighted by molar-refractivity contribution is 5.94. The van der Waals surface area contributed by atoms with E-state index in [1.165, 1.54) is 0 Å². The maximum atomic E-state index is 12.2. The van der Waals surface area contributed by atoms with E-state index in [-0.39, 0.29) is 31.3 Å². The second-order valence-electron chi connectivity index (χ2n) is 5.47. The van der Waals surface area contributed by atoms with E-state index in [1.807, 2.05) is 14.0 Å². The van der Waals surface area contributed by atoms with E-state index in [0.29, 0.717) is 6.54 Å². The Hall–Kier alpha value is -1.63. The Balaban J connectivity index is 2.48. The van der Waals surface area contributed by atoms with Gasteiger partial charge in [0.05, 0.1) is 0 Å². The van der Waals surface area contributed by atoms with Crippen molar-refractivity contribution in [2.24, 2.45) is 0 Å². The second kappa shape index (κ2) is 8.61. The molecule has 0 spiro atoms. The van der Waals surface area contributed by atoms with Gasteiger partial charge in [-0.1, -0.05) is 6.92 Å².